The molecule has 2 N–H and O–H groups in total. The first-order valence-electron chi connectivity index (χ1n) is 5.84. The molecule has 1 amide bonds. The zero-order chi connectivity index (χ0) is 13.5. The zero-order valence-electron chi connectivity index (χ0n) is 10.5. The number of nitrogens with one attached hydrogen (secondary N) is 1. The van der Waals surface area contributed by atoms with Crippen molar-refractivity contribution < 1.29 is 9.90 Å². The van der Waals surface area contributed by atoms with Crippen molar-refractivity contribution in [2.45, 2.75) is 31.6 Å². The second kappa shape index (κ2) is 7.67. The molecule has 0 saturated carbocycles. The molecule has 0 aliphatic heterocycles. The Labute approximate surface area is 117 Å². The SMILES string of the molecule is CC(O)C(C)SCCC(=O)Nc1cccc(Cl)c1. The highest BCUT2D eigenvalue weighted by molar-refractivity contribution is 7.99. The van der Waals surface area contributed by atoms with Crippen LogP contribution in [0.5, 0.6) is 0 Å². The van der Waals surface area contributed by atoms with Crippen LogP contribution in [-0.2, 0) is 4.79 Å². The molecule has 3 nitrogen and oxygen atoms in total. The first-order chi connectivity index (χ1) is 8.49. The van der Waals surface area contributed by atoms with E-state index in [1.165, 1.54) is 0 Å². The summed E-state index contributed by atoms with van der Waals surface area (Å²) in [7, 11) is 0. The number of carbonyl (C=O) groups excluding carboxylic acids is 1. The van der Waals surface area contributed by atoms with Crippen molar-refractivity contribution in [2.24, 2.45) is 0 Å². The van der Waals surface area contributed by atoms with Crippen LogP contribution in [0.3, 0.4) is 0 Å². The lowest BCUT2D eigenvalue weighted by Crippen LogP contribution is -2.17. The van der Waals surface area contributed by atoms with E-state index in [0.717, 1.165) is 0 Å². The molecule has 0 radical (unpaired) electrons. The topological polar surface area (TPSA) is 49.3 Å². The van der Waals surface area contributed by atoms with E-state index in [0.29, 0.717) is 22.9 Å². The smallest absolute Gasteiger partial charge is 0.225 e. The summed E-state index contributed by atoms with van der Waals surface area (Å²) < 4.78 is 0. The highest BCUT2D eigenvalue weighted by Gasteiger charge is 2.10. The van der Waals surface area contributed by atoms with Crippen LogP contribution in [0, 0.1) is 0 Å². The Morgan fingerprint density at radius 3 is 2.83 bits per heavy atom. The number of amides is 1. The van der Waals surface area contributed by atoms with Crippen LogP contribution < -0.4 is 5.32 Å². The van der Waals surface area contributed by atoms with Crippen LogP contribution in [0.4, 0.5) is 5.69 Å². The Morgan fingerprint density at radius 1 is 1.50 bits per heavy atom. The molecule has 0 fully saturated rings. The number of anilines is 1. The van der Waals surface area contributed by atoms with Crippen LogP contribution in [0.25, 0.3) is 0 Å². The fourth-order valence-electron chi connectivity index (χ4n) is 1.27. The van der Waals surface area contributed by atoms with E-state index in [9.17, 15) is 9.90 Å². The molecule has 0 aromatic heterocycles. The van der Waals surface area contributed by atoms with Crippen LogP contribution in [0.2, 0.25) is 5.02 Å². The Balaban J connectivity index is 2.30. The molecular weight excluding hydrogens is 270 g/mol. The molecule has 100 valence electrons. The molecule has 5 heteroatoms. The first-order valence-corrected chi connectivity index (χ1v) is 7.27. The maximum atomic E-state index is 11.6. The summed E-state index contributed by atoms with van der Waals surface area (Å²) in [5.41, 5.74) is 0.709. The molecule has 2 unspecified atom stereocenters. The lowest BCUT2D eigenvalue weighted by molar-refractivity contribution is -0.115. The van der Waals surface area contributed by atoms with Crippen molar-refractivity contribution >= 4 is 35.0 Å². The highest BCUT2D eigenvalue weighted by atomic mass is 35.5. The molecule has 0 spiro atoms. The number of hydrogen-bond acceptors (Lipinski definition) is 3. The molecule has 0 aliphatic carbocycles. The minimum absolute atomic E-state index is 0.0393. The summed E-state index contributed by atoms with van der Waals surface area (Å²) >= 11 is 7.42. The first kappa shape index (κ1) is 15.3. The van der Waals surface area contributed by atoms with Gasteiger partial charge in [0.05, 0.1) is 6.10 Å². The van der Waals surface area contributed by atoms with Crippen molar-refractivity contribution in [1.82, 2.24) is 0 Å². The molecule has 2 atom stereocenters. The van der Waals surface area contributed by atoms with Crippen LogP contribution in [0.1, 0.15) is 20.3 Å². The van der Waals surface area contributed by atoms with Crippen molar-refractivity contribution in [1.29, 1.82) is 0 Å². The monoisotopic (exact) mass is 287 g/mol. The van der Waals surface area contributed by atoms with Gasteiger partial charge in [0.25, 0.3) is 0 Å². The summed E-state index contributed by atoms with van der Waals surface area (Å²) in [6, 6.07) is 7.07. The van der Waals surface area contributed by atoms with E-state index in [-0.39, 0.29) is 17.3 Å². The summed E-state index contributed by atoms with van der Waals surface area (Å²) in [6.45, 7) is 3.70. The van der Waals surface area contributed by atoms with Gasteiger partial charge in [0.1, 0.15) is 0 Å². The molecular formula is C13H18ClNO2S. The Morgan fingerprint density at radius 2 is 2.22 bits per heavy atom. The zero-order valence-corrected chi connectivity index (χ0v) is 12.1. The maximum Gasteiger partial charge on any atom is 0.225 e. The fraction of sp³-hybridized carbons (Fsp3) is 0.462. The third-order valence-corrected chi connectivity index (χ3v) is 4.09. The maximum absolute atomic E-state index is 11.6. The van der Waals surface area contributed by atoms with Gasteiger partial charge in [-0.05, 0) is 25.1 Å². The lowest BCUT2D eigenvalue weighted by Gasteiger charge is -2.13. The fourth-order valence-corrected chi connectivity index (χ4v) is 2.41. The molecule has 1 aromatic rings. The average molecular weight is 288 g/mol. The predicted molar refractivity (Wildman–Crippen MR) is 78.3 cm³/mol. The van der Waals surface area contributed by atoms with Gasteiger partial charge in [0, 0.05) is 28.1 Å². The summed E-state index contributed by atoms with van der Waals surface area (Å²) in [4.78, 5) is 11.6. The summed E-state index contributed by atoms with van der Waals surface area (Å²) in [6.07, 6.45) is 0.0693. The molecule has 18 heavy (non-hydrogen) atoms. The van der Waals surface area contributed by atoms with E-state index >= 15 is 0 Å². The average Bonchev–Trinajstić information content (AvgIpc) is 2.28. The van der Waals surface area contributed by atoms with Gasteiger partial charge in [-0.1, -0.05) is 24.6 Å². The normalized spacial score (nSPS) is 14.0. The van der Waals surface area contributed by atoms with Crippen molar-refractivity contribution in [3.05, 3.63) is 29.3 Å². The van der Waals surface area contributed by atoms with E-state index in [4.69, 9.17) is 11.6 Å². The van der Waals surface area contributed by atoms with Crippen molar-refractivity contribution in [2.75, 3.05) is 11.1 Å². The highest BCUT2D eigenvalue weighted by Crippen LogP contribution is 2.17. The minimum Gasteiger partial charge on any atom is -0.392 e. The van der Waals surface area contributed by atoms with Gasteiger partial charge in [-0.2, -0.15) is 11.8 Å². The second-order valence-electron chi connectivity index (χ2n) is 4.13. The Kier molecular flexibility index (Phi) is 6.54. The van der Waals surface area contributed by atoms with E-state index < -0.39 is 0 Å². The van der Waals surface area contributed by atoms with Crippen LogP contribution in [0.15, 0.2) is 24.3 Å². The third-order valence-electron chi connectivity index (χ3n) is 2.50. The standard InChI is InChI=1S/C13H18ClNO2S/c1-9(16)10(2)18-7-6-13(17)15-12-5-3-4-11(14)8-12/h3-5,8-10,16H,6-7H2,1-2H3,(H,15,17). The number of rotatable bonds is 6. The molecule has 1 rings (SSSR count). The third kappa shape index (κ3) is 5.76. The number of halogens is 1. The number of carbonyl (C=O) groups is 1. The predicted octanol–water partition coefficient (Wildman–Crippen LogP) is 3.17. The van der Waals surface area contributed by atoms with Gasteiger partial charge in [0.15, 0.2) is 0 Å². The lowest BCUT2D eigenvalue weighted by atomic mass is 10.3. The summed E-state index contributed by atoms with van der Waals surface area (Å²) in [5.74, 6) is 0.654. The molecule has 0 heterocycles. The molecule has 1 aromatic carbocycles. The Hall–Kier alpha value is -0.710. The Bertz CT molecular complexity index is 398. The van der Waals surface area contributed by atoms with E-state index in [1.54, 1.807) is 43.0 Å². The quantitative estimate of drug-likeness (QED) is 0.845. The molecule has 0 saturated heterocycles. The number of thioether (sulfide) groups is 1. The van der Waals surface area contributed by atoms with Crippen LogP contribution >= 0.6 is 23.4 Å². The molecule has 0 aliphatic rings. The van der Waals surface area contributed by atoms with E-state index in [2.05, 4.69) is 5.32 Å². The van der Waals surface area contributed by atoms with E-state index in [1.807, 2.05) is 6.92 Å². The van der Waals surface area contributed by atoms with Gasteiger partial charge in [-0.15, -0.1) is 0 Å². The van der Waals surface area contributed by atoms with Gasteiger partial charge in [-0.3, -0.25) is 4.79 Å². The van der Waals surface area contributed by atoms with Gasteiger partial charge in [0.2, 0.25) is 5.91 Å². The number of aliphatic hydroxyl groups excluding tert-OH is 1. The molecule has 0 bridgehead atoms. The van der Waals surface area contributed by atoms with Crippen LogP contribution in [-0.4, -0.2) is 28.1 Å². The number of hydrogen-bond donors (Lipinski definition) is 2. The van der Waals surface area contributed by atoms with Crippen molar-refractivity contribution in [3.8, 4) is 0 Å². The largest absolute Gasteiger partial charge is 0.392 e. The van der Waals surface area contributed by atoms with Gasteiger partial charge < -0.3 is 10.4 Å². The van der Waals surface area contributed by atoms with Crippen molar-refractivity contribution in [3.63, 3.8) is 0 Å². The number of aliphatic hydroxyl groups is 1. The summed E-state index contributed by atoms with van der Waals surface area (Å²) in [5, 5.41) is 12.8. The second-order valence-corrected chi connectivity index (χ2v) is 6.05. The minimum atomic E-state index is -0.356. The van der Waals surface area contributed by atoms with Gasteiger partial charge in [-0.25, -0.2) is 0 Å². The van der Waals surface area contributed by atoms with Gasteiger partial charge >= 0.3 is 0 Å². The number of benzene rings is 1.